The highest BCUT2D eigenvalue weighted by atomic mass is 127. The van der Waals surface area contributed by atoms with E-state index >= 15 is 0 Å². The Kier molecular flexibility index (Phi) is 3.10. The van der Waals surface area contributed by atoms with Crippen LogP contribution in [0.3, 0.4) is 0 Å². The minimum atomic E-state index is 0. The number of hydrogen-bond donors (Lipinski definition) is 0. The van der Waals surface area contributed by atoms with E-state index in [1.165, 1.54) is 5.69 Å². The number of rotatable bonds is 0. The molecule has 4 heteroatoms. The molecule has 1 N–H and O–H groups in total. The first-order valence-corrected chi connectivity index (χ1v) is 2.59. The fourth-order valence-corrected chi connectivity index (χ4v) is 0.549. The third-order valence-corrected chi connectivity index (χ3v) is 1.39. The number of aromatic nitrogens is 3. The summed E-state index contributed by atoms with van der Waals surface area (Å²) in [5.74, 6) is 0. The van der Waals surface area contributed by atoms with Gasteiger partial charge < -0.3 is 24.0 Å². The van der Waals surface area contributed by atoms with Crippen LogP contribution in [0.15, 0.2) is 0 Å². The minimum Gasteiger partial charge on any atom is -1.00 e. The van der Waals surface area contributed by atoms with Crippen molar-refractivity contribution in [3.05, 3.63) is 11.4 Å². The maximum atomic E-state index is 3.95. The van der Waals surface area contributed by atoms with Crippen LogP contribution in [0.1, 0.15) is 11.4 Å². The van der Waals surface area contributed by atoms with Gasteiger partial charge in [-0.1, -0.05) is 0 Å². The molecule has 3 nitrogen and oxygen atoms in total. The second-order valence-corrected chi connectivity index (χ2v) is 1.94. The van der Waals surface area contributed by atoms with Gasteiger partial charge in [-0.25, -0.2) is 0 Å². The van der Waals surface area contributed by atoms with Crippen LogP contribution in [0.5, 0.6) is 0 Å². The Labute approximate surface area is 71.5 Å². The summed E-state index contributed by atoms with van der Waals surface area (Å²) in [4.78, 5) is 0. The Balaban J connectivity index is 0.000000640. The molecule has 0 aliphatic rings. The van der Waals surface area contributed by atoms with Crippen LogP contribution in [0.25, 0.3) is 0 Å². The highest BCUT2D eigenvalue weighted by Crippen LogP contribution is 1.93. The monoisotopic (exact) mass is 239 g/mol. The molecule has 1 aromatic rings. The van der Waals surface area contributed by atoms with Crippen molar-refractivity contribution in [3.8, 4) is 0 Å². The molecule has 0 radical (unpaired) electrons. The lowest BCUT2D eigenvalue weighted by atomic mass is 10.4. The van der Waals surface area contributed by atoms with Gasteiger partial charge in [0.1, 0.15) is 11.4 Å². The molecule has 0 aromatic carbocycles. The van der Waals surface area contributed by atoms with Gasteiger partial charge in [0.2, 0.25) is 0 Å². The molecule has 1 heterocycles. The highest BCUT2D eigenvalue weighted by molar-refractivity contribution is 5.01. The quantitative estimate of drug-likeness (QED) is 0.440. The van der Waals surface area contributed by atoms with Gasteiger partial charge in [-0.15, -0.1) is 4.68 Å². The molecular weight excluding hydrogens is 229 g/mol. The van der Waals surface area contributed by atoms with E-state index in [9.17, 15) is 0 Å². The summed E-state index contributed by atoms with van der Waals surface area (Å²) in [6.07, 6.45) is 0. The maximum Gasteiger partial charge on any atom is 0.132 e. The molecular formula is C5H10IN3. The first-order chi connectivity index (χ1) is 3.72. The molecule has 0 atom stereocenters. The predicted octanol–water partition coefficient (Wildman–Crippen LogP) is -3.14. The van der Waals surface area contributed by atoms with Crippen molar-refractivity contribution in [2.75, 3.05) is 0 Å². The standard InChI is InChI=1S/C5H9N3.HI/c1-4-5(2)8(3)7-6-4;/h1-3H3;1H. The number of H-pyrrole nitrogens is 1. The Bertz CT molecular complexity index is 175. The molecule has 0 fully saturated rings. The molecule has 0 aliphatic carbocycles. The predicted molar refractivity (Wildman–Crippen MR) is 29.2 cm³/mol. The van der Waals surface area contributed by atoms with Crippen molar-refractivity contribution >= 4 is 0 Å². The molecule has 0 saturated carbocycles. The molecule has 0 spiro atoms. The van der Waals surface area contributed by atoms with Crippen molar-refractivity contribution in [1.29, 1.82) is 0 Å². The van der Waals surface area contributed by atoms with Crippen molar-refractivity contribution < 1.29 is 29.2 Å². The molecule has 1 aromatic heterocycles. The van der Waals surface area contributed by atoms with E-state index in [0.717, 1.165) is 5.69 Å². The van der Waals surface area contributed by atoms with E-state index in [1.54, 1.807) is 0 Å². The zero-order chi connectivity index (χ0) is 6.15. The number of aromatic amines is 1. The smallest absolute Gasteiger partial charge is 0.132 e. The largest absolute Gasteiger partial charge is 1.00 e. The second kappa shape index (κ2) is 3.14. The molecule has 0 aliphatic heterocycles. The van der Waals surface area contributed by atoms with Crippen LogP contribution in [0, 0.1) is 13.8 Å². The zero-order valence-corrected chi connectivity index (χ0v) is 7.93. The Morgan fingerprint density at radius 2 is 2.00 bits per heavy atom. The molecule has 52 valence electrons. The van der Waals surface area contributed by atoms with Crippen LogP contribution in [-0.4, -0.2) is 9.78 Å². The topological polar surface area (TPSA) is 32.0 Å². The van der Waals surface area contributed by atoms with Crippen molar-refractivity contribution in [2.24, 2.45) is 7.05 Å². The summed E-state index contributed by atoms with van der Waals surface area (Å²) in [5.41, 5.74) is 2.25. The van der Waals surface area contributed by atoms with E-state index in [2.05, 4.69) is 10.3 Å². The third-order valence-electron chi connectivity index (χ3n) is 1.39. The van der Waals surface area contributed by atoms with Gasteiger partial charge in [-0.3, -0.25) is 0 Å². The van der Waals surface area contributed by atoms with Gasteiger partial charge in [-0.2, -0.15) is 0 Å². The molecule has 9 heavy (non-hydrogen) atoms. The summed E-state index contributed by atoms with van der Waals surface area (Å²) >= 11 is 0. The van der Waals surface area contributed by atoms with Crippen LogP contribution in [-0.2, 0) is 7.05 Å². The van der Waals surface area contributed by atoms with Crippen LogP contribution < -0.4 is 29.2 Å². The summed E-state index contributed by atoms with van der Waals surface area (Å²) in [7, 11) is 1.94. The minimum absolute atomic E-state index is 0. The average molecular weight is 239 g/mol. The fraction of sp³-hybridized carbons (Fsp3) is 0.600. The summed E-state index contributed by atoms with van der Waals surface area (Å²) in [6, 6.07) is 0. The fourth-order valence-electron chi connectivity index (χ4n) is 0.549. The number of nitrogens with zero attached hydrogens (tertiary/aromatic N) is 2. The summed E-state index contributed by atoms with van der Waals surface area (Å²) < 4.78 is 1.88. The molecule has 0 saturated heterocycles. The number of halogens is 1. The van der Waals surface area contributed by atoms with Gasteiger partial charge in [0.15, 0.2) is 0 Å². The Morgan fingerprint density at radius 1 is 1.44 bits per heavy atom. The second-order valence-electron chi connectivity index (χ2n) is 1.94. The average Bonchev–Trinajstić information content (AvgIpc) is 1.98. The van der Waals surface area contributed by atoms with E-state index in [0.29, 0.717) is 0 Å². The Morgan fingerprint density at radius 3 is 2.11 bits per heavy atom. The molecule has 1 rings (SSSR count). The van der Waals surface area contributed by atoms with Gasteiger partial charge >= 0.3 is 0 Å². The summed E-state index contributed by atoms with van der Waals surface area (Å²) in [5, 5.41) is 6.76. The summed E-state index contributed by atoms with van der Waals surface area (Å²) in [6.45, 7) is 4.00. The number of aryl methyl sites for hydroxylation is 2. The van der Waals surface area contributed by atoms with Crippen molar-refractivity contribution in [2.45, 2.75) is 13.8 Å². The van der Waals surface area contributed by atoms with Gasteiger partial charge in [0.05, 0.1) is 7.05 Å². The van der Waals surface area contributed by atoms with Gasteiger partial charge in [0.25, 0.3) is 0 Å². The van der Waals surface area contributed by atoms with E-state index in [-0.39, 0.29) is 24.0 Å². The first kappa shape index (κ1) is 8.87. The van der Waals surface area contributed by atoms with E-state index < -0.39 is 0 Å². The molecule has 0 bridgehead atoms. The van der Waals surface area contributed by atoms with Crippen LogP contribution in [0.4, 0.5) is 0 Å². The van der Waals surface area contributed by atoms with Gasteiger partial charge in [-0.05, 0) is 19.1 Å². The van der Waals surface area contributed by atoms with Crippen molar-refractivity contribution in [3.63, 3.8) is 0 Å². The van der Waals surface area contributed by atoms with E-state index in [1.807, 2.05) is 25.6 Å². The molecule has 0 amide bonds. The van der Waals surface area contributed by atoms with Gasteiger partial charge in [0, 0.05) is 5.10 Å². The SMILES string of the molecule is Cc1n[nH+]n(C)c1C.[I-]. The number of nitrogens with one attached hydrogen (secondary N) is 1. The number of hydrogen-bond acceptors (Lipinski definition) is 1. The third kappa shape index (κ3) is 1.64. The Hall–Kier alpha value is -0.130. The maximum absolute atomic E-state index is 3.95. The normalized spacial score (nSPS) is 8.78. The van der Waals surface area contributed by atoms with Crippen molar-refractivity contribution in [1.82, 2.24) is 9.78 Å². The lowest BCUT2D eigenvalue weighted by Crippen LogP contribution is -3.00. The van der Waals surface area contributed by atoms with Crippen LogP contribution >= 0.6 is 0 Å². The first-order valence-electron chi connectivity index (χ1n) is 2.59. The highest BCUT2D eigenvalue weighted by Gasteiger charge is 2.02. The zero-order valence-electron chi connectivity index (χ0n) is 5.77. The van der Waals surface area contributed by atoms with Crippen LogP contribution in [0.2, 0.25) is 0 Å². The van der Waals surface area contributed by atoms with E-state index in [4.69, 9.17) is 0 Å². The lowest BCUT2D eigenvalue weighted by molar-refractivity contribution is -0.550. The molecule has 0 unspecified atom stereocenters. The lowest BCUT2D eigenvalue weighted by Gasteiger charge is -1.81.